The van der Waals surface area contributed by atoms with Crippen LogP contribution in [-0.2, 0) is 5.41 Å². The molecule has 0 amide bonds. The lowest BCUT2D eigenvalue weighted by molar-refractivity contribution is 0.794. The molecule has 5 heteroatoms. The maximum absolute atomic E-state index is 5.51. The molecule has 0 radical (unpaired) electrons. The first-order chi connectivity index (χ1) is 31.3. The van der Waals surface area contributed by atoms with Crippen LogP contribution in [0.25, 0.3) is 100 Å². The zero-order valence-corrected chi connectivity index (χ0v) is 33.9. The Labute approximate surface area is 362 Å². The Morgan fingerprint density at radius 3 is 1.54 bits per heavy atom. The normalized spacial score (nSPS) is 13.2. The molecule has 2 aliphatic carbocycles. The molecule has 9 aromatic carbocycles. The molecule has 292 valence electrons. The van der Waals surface area contributed by atoms with Gasteiger partial charge in [-0.1, -0.05) is 182 Å². The molecule has 0 atom stereocenters. The molecule has 5 nitrogen and oxygen atoms in total. The highest BCUT2D eigenvalue weighted by Crippen LogP contribution is 2.64. The van der Waals surface area contributed by atoms with E-state index in [2.05, 4.69) is 203 Å². The van der Waals surface area contributed by atoms with Gasteiger partial charge in [0.2, 0.25) is 5.95 Å². The zero-order valence-electron chi connectivity index (χ0n) is 33.9. The van der Waals surface area contributed by atoms with Crippen LogP contribution >= 0.6 is 0 Å². The van der Waals surface area contributed by atoms with Crippen molar-refractivity contribution in [2.24, 2.45) is 0 Å². The molecule has 2 aliphatic rings. The molecule has 12 aromatic rings. The molecular weight excluding hydrogens is 767 g/mol. The zero-order chi connectivity index (χ0) is 41.2. The van der Waals surface area contributed by atoms with Crippen molar-refractivity contribution in [2.75, 3.05) is 0 Å². The van der Waals surface area contributed by atoms with E-state index in [1.807, 2.05) is 18.2 Å². The third-order valence-corrected chi connectivity index (χ3v) is 13.6. The lowest BCUT2D eigenvalue weighted by Crippen LogP contribution is -2.25. The van der Waals surface area contributed by atoms with Crippen LogP contribution in [0, 0.1) is 0 Å². The van der Waals surface area contributed by atoms with Gasteiger partial charge in [-0.05, 0) is 69.3 Å². The number of rotatable bonds is 4. The van der Waals surface area contributed by atoms with Gasteiger partial charge in [0, 0.05) is 43.9 Å². The Morgan fingerprint density at radius 1 is 0.333 bits per heavy atom. The van der Waals surface area contributed by atoms with Gasteiger partial charge in [0.05, 0.1) is 27.5 Å². The number of benzene rings is 9. The number of aromatic nitrogens is 5. The van der Waals surface area contributed by atoms with Gasteiger partial charge in [0.15, 0.2) is 11.6 Å². The van der Waals surface area contributed by atoms with Crippen molar-refractivity contribution in [3.8, 4) is 56.7 Å². The van der Waals surface area contributed by atoms with Crippen molar-refractivity contribution in [2.45, 2.75) is 5.41 Å². The van der Waals surface area contributed by atoms with Crippen molar-refractivity contribution in [1.82, 2.24) is 24.1 Å². The van der Waals surface area contributed by atoms with E-state index < -0.39 is 5.41 Å². The summed E-state index contributed by atoms with van der Waals surface area (Å²) in [4.78, 5) is 16.2. The fourth-order valence-electron chi connectivity index (χ4n) is 11.1. The van der Waals surface area contributed by atoms with E-state index in [0.717, 1.165) is 49.7 Å². The monoisotopic (exact) mass is 801 g/mol. The summed E-state index contributed by atoms with van der Waals surface area (Å²) in [5, 5.41) is 4.69. The molecule has 0 saturated heterocycles. The lowest BCUT2D eigenvalue weighted by atomic mass is 9.70. The highest BCUT2D eigenvalue weighted by atomic mass is 15.2. The number of para-hydroxylation sites is 3. The molecule has 0 aliphatic heterocycles. The van der Waals surface area contributed by atoms with Gasteiger partial charge < -0.3 is 4.57 Å². The summed E-state index contributed by atoms with van der Waals surface area (Å²) >= 11 is 0. The summed E-state index contributed by atoms with van der Waals surface area (Å²) in [6, 6.07) is 76.5. The fourth-order valence-corrected chi connectivity index (χ4v) is 11.1. The summed E-state index contributed by atoms with van der Waals surface area (Å²) in [6.45, 7) is 0. The molecule has 0 fully saturated rings. The summed E-state index contributed by atoms with van der Waals surface area (Å²) in [7, 11) is 0. The summed E-state index contributed by atoms with van der Waals surface area (Å²) in [5.74, 6) is 1.81. The van der Waals surface area contributed by atoms with Gasteiger partial charge in [-0.2, -0.15) is 9.97 Å². The second-order valence-electron chi connectivity index (χ2n) is 16.7. The molecule has 0 bridgehead atoms. The Kier molecular flexibility index (Phi) is 6.97. The molecule has 63 heavy (non-hydrogen) atoms. The van der Waals surface area contributed by atoms with Crippen LogP contribution in [0.3, 0.4) is 0 Å². The lowest BCUT2D eigenvalue weighted by Gasteiger charge is -2.30. The predicted octanol–water partition coefficient (Wildman–Crippen LogP) is 13.7. The number of fused-ring (bicyclic) bond motifs is 17. The standard InChI is InChI=1S/C58H35N5/c1-3-17-36(18-4-1)55-59-56(37-31-32-43-41-23-10-15-29-50(41)62(52(43)35-37)38-19-5-2-6-20-38)61-57(60-55)63-51-30-16-11-24-42(51)44-33-34-49-53(54(44)63)45-25-9-14-28-48(45)58(49)46-26-12-7-21-39(46)40-22-8-13-27-47(40)58/h1-35H. The Hall–Kier alpha value is -8.41. The number of nitrogens with zero attached hydrogens (tertiary/aromatic N) is 5. The largest absolute Gasteiger partial charge is 0.309 e. The second-order valence-corrected chi connectivity index (χ2v) is 16.7. The van der Waals surface area contributed by atoms with E-state index in [1.165, 1.54) is 55.3 Å². The van der Waals surface area contributed by atoms with Crippen molar-refractivity contribution in [3.05, 3.63) is 235 Å². The number of hydrogen-bond donors (Lipinski definition) is 0. The van der Waals surface area contributed by atoms with Crippen LogP contribution in [0.15, 0.2) is 212 Å². The van der Waals surface area contributed by atoms with E-state index >= 15 is 0 Å². The quantitative estimate of drug-likeness (QED) is 0.178. The van der Waals surface area contributed by atoms with E-state index in [9.17, 15) is 0 Å². The van der Waals surface area contributed by atoms with E-state index in [4.69, 9.17) is 15.0 Å². The minimum Gasteiger partial charge on any atom is -0.309 e. The molecule has 0 unspecified atom stereocenters. The Balaban J connectivity index is 1.09. The first-order valence-corrected chi connectivity index (χ1v) is 21.5. The molecule has 0 N–H and O–H groups in total. The van der Waals surface area contributed by atoms with E-state index in [-0.39, 0.29) is 0 Å². The van der Waals surface area contributed by atoms with Gasteiger partial charge in [0.25, 0.3) is 0 Å². The van der Waals surface area contributed by atoms with Crippen LogP contribution in [0.2, 0.25) is 0 Å². The molecular formula is C58H35N5. The average molecular weight is 802 g/mol. The predicted molar refractivity (Wildman–Crippen MR) is 256 cm³/mol. The molecule has 14 rings (SSSR count). The van der Waals surface area contributed by atoms with Crippen molar-refractivity contribution >= 4 is 43.6 Å². The summed E-state index contributed by atoms with van der Waals surface area (Å²) in [6.07, 6.45) is 0. The van der Waals surface area contributed by atoms with Crippen LogP contribution in [-0.4, -0.2) is 24.1 Å². The average Bonchev–Trinajstić information content (AvgIpc) is 4.06. The van der Waals surface area contributed by atoms with Gasteiger partial charge >= 0.3 is 0 Å². The van der Waals surface area contributed by atoms with Gasteiger partial charge in [-0.3, -0.25) is 4.57 Å². The first-order valence-electron chi connectivity index (χ1n) is 21.5. The molecule has 3 aromatic heterocycles. The maximum Gasteiger partial charge on any atom is 0.238 e. The van der Waals surface area contributed by atoms with E-state index in [1.54, 1.807) is 0 Å². The van der Waals surface area contributed by atoms with Gasteiger partial charge in [-0.25, -0.2) is 4.98 Å². The third-order valence-electron chi connectivity index (χ3n) is 13.6. The van der Waals surface area contributed by atoms with Crippen molar-refractivity contribution in [3.63, 3.8) is 0 Å². The van der Waals surface area contributed by atoms with Crippen LogP contribution < -0.4 is 0 Å². The first kappa shape index (κ1) is 34.3. The van der Waals surface area contributed by atoms with E-state index in [0.29, 0.717) is 17.6 Å². The SMILES string of the molecule is c1ccc(-c2nc(-c3ccc4c5ccccc5n(-c5ccccc5)c4c3)nc(-n3c4ccccc4c4ccc5c(c43)-c3ccccc3C53c4ccccc4-c4ccccc43)n2)cc1. The smallest absolute Gasteiger partial charge is 0.238 e. The summed E-state index contributed by atoms with van der Waals surface area (Å²) in [5.41, 5.74) is 17.1. The number of hydrogen-bond acceptors (Lipinski definition) is 3. The van der Waals surface area contributed by atoms with Crippen LogP contribution in [0.5, 0.6) is 0 Å². The van der Waals surface area contributed by atoms with Gasteiger partial charge in [-0.15, -0.1) is 0 Å². The fraction of sp³-hybridized carbons (Fsp3) is 0.0172. The molecule has 0 saturated carbocycles. The van der Waals surface area contributed by atoms with Crippen LogP contribution in [0.4, 0.5) is 0 Å². The van der Waals surface area contributed by atoms with Crippen molar-refractivity contribution < 1.29 is 0 Å². The molecule has 3 heterocycles. The highest BCUT2D eigenvalue weighted by Gasteiger charge is 2.52. The van der Waals surface area contributed by atoms with Crippen LogP contribution in [0.1, 0.15) is 22.3 Å². The third kappa shape index (κ3) is 4.57. The molecule has 1 spiro atoms. The van der Waals surface area contributed by atoms with Crippen molar-refractivity contribution in [1.29, 1.82) is 0 Å². The Bertz CT molecular complexity index is 3810. The topological polar surface area (TPSA) is 48.5 Å². The highest BCUT2D eigenvalue weighted by molar-refractivity contribution is 6.16. The minimum absolute atomic E-state index is 0.485. The summed E-state index contributed by atoms with van der Waals surface area (Å²) < 4.78 is 4.65. The minimum atomic E-state index is -0.485. The van der Waals surface area contributed by atoms with Gasteiger partial charge in [0.1, 0.15) is 0 Å². The Morgan fingerprint density at radius 2 is 0.841 bits per heavy atom. The second kappa shape index (κ2) is 12.8. The maximum atomic E-state index is 5.51.